The van der Waals surface area contributed by atoms with Crippen LogP contribution in [-0.4, -0.2) is 29.3 Å². The predicted octanol–water partition coefficient (Wildman–Crippen LogP) is 4.52. The Morgan fingerprint density at radius 2 is 1.89 bits per heavy atom. The quantitative estimate of drug-likeness (QED) is 0.589. The largest absolute Gasteiger partial charge is 0.381 e. The molecule has 5 nitrogen and oxygen atoms in total. The molecule has 2 aromatic carbocycles. The van der Waals surface area contributed by atoms with Gasteiger partial charge < -0.3 is 10.5 Å². The number of aromatic nitrogens is 2. The number of carbonyl (C=O) groups is 1. The Balaban J connectivity index is 1.57. The Hall–Kier alpha value is -2.09. The molecule has 2 heterocycles. The number of rotatable bonds is 5. The average Bonchev–Trinajstić information content (AvgIpc) is 3.15. The maximum absolute atomic E-state index is 12.3. The number of amides is 1. The number of halogens is 1. The van der Waals surface area contributed by atoms with Crippen molar-refractivity contribution in [2.75, 3.05) is 13.2 Å². The Labute approximate surface area is 176 Å². The molecule has 0 bridgehead atoms. The number of carbonyl (C=O) groups excluding carboxylic acids is 1. The van der Waals surface area contributed by atoms with Crippen LogP contribution in [0.5, 0.6) is 0 Å². The van der Waals surface area contributed by atoms with Crippen LogP contribution in [0.3, 0.4) is 0 Å². The van der Waals surface area contributed by atoms with Crippen molar-refractivity contribution >= 4 is 33.6 Å². The summed E-state index contributed by atoms with van der Waals surface area (Å²) in [4.78, 5) is 14.5. The molecule has 3 N–H and O–H groups in total. The Morgan fingerprint density at radius 3 is 2.54 bits per heavy atom. The number of nitrogens with zero attached hydrogens (tertiary/aromatic N) is 1. The first kappa shape index (κ1) is 19.2. The van der Waals surface area contributed by atoms with Crippen LogP contribution in [0.2, 0.25) is 0 Å². The Kier molecular flexibility index (Phi) is 5.57. The maximum Gasteiger partial charge on any atom is 0.228 e. The van der Waals surface area contributed by atoms with E-state index in [4.69, 9.17) is 10.5 Å². The fourth-order valence-corrected chi connectivity index (χ4v) is 4.85. The fourth-order valence-electron chi connectivity index (χ4n) is 3.55. The lowest BCUT2D eigenvalue weighted by Gasteiger charge is -2.34. The van der Waals surface area contributed by atoms with Crippen LogP contribution in [0.25, 0.3) is 11.3 Å². The molecule has 1 fully saturated rings. The second kappa shape index (κ2) is 8.11. The first-order valence-corrected chi connectivity index (χ1v) is 10.6. The number of primary amides is 1. The summed E-state index contributed by atoms with van der Waals surface area (Å²) in [6.45, 7) is 1.12. The van der Waals surface area contributed by atoms with Gasteiger partial charge in [-0.05, 0) is 58.6 Å². The van der Waals surface area contributed by atoms with Crippen LogP contribution >= 0.6 is 27.7 Å². The lowest BCUT2D eigenvalue weighted by molar-refractivity contribution is -0.127. The highest BCUT2D eigenvalue weighted by atomic mass is 79.9. The van der Waals surface area contributed by atoms with Gasteiger partial charge >= 0.3 is 0 Å². The SMILES string of the molecule is NC(=O)C1(c2cccc(Sc3ccc(-c4[nH]ncc4Br)cc3)c2)CCOCC1. The number of nitrogens with one attached hydrogen (secondary N) is 1. The molecule has 1 aromatic heterocycles. The van der Waals surface area contributed by atoms with Gasteiger partial charge in [0.25, 0.3) is 0 Å². The number of nitrogens with two attached hydrogens (primary N) is 1. The van der Waals surface area contributed by atoms with Crippen LogP contribution in [0.4, 0.5) is 0 Å². The van der Waals surface area contributed by atoms with E-state index in [2.05, 4.69) is 62.5 Å². The van der Waals surface area contributed by atoms with E-state index in [0.29, 0.717) is 26.1 Å². The lowest BCUT2D eigenvalue weighted by atomic mass is 9.73. The third kappa shape index (κ3) is 3.74. The number of hydrogen-bond acceptors (Lipinski definition) is 4. The van der Waals surface area contributed by atoms with E-state index < -0.39 is 5.41 Å². The highest BCUT2D eigenvalue weighted by Gasteiger charge is 2.40. The standard InChI is InChI=1S/C21H20BrN3O2S/c22-18-13-24-25-19(18)14-4-6-16(7-5-14)28-17-3-1-2-15(12-17)21(20(23)26)8-10-27-11-9-21/h1-7,12-13H,8-11H2,(H2,23,26)(H,24,25). The van der Waals surface area contributed by atoms with Crippen LogP contribution in [-0.2, 0) is 14.9 Å². The third-order valence-electron chi connectivity index (χ3n) is 5.18. The van der Waals surface area contributed by atoms with Gasteiger partial charge in [0.15, 0.2) is 0 Å². The van der Waals surface area contributed by atoms with Crippen molar-refractivity contribution in [3.05, 3.63) is 64.8 Å². The topological polar surface area (TPSA) is 81.0 Å². The first-order valence-electron chi connectivity index (χ1n) is 9.04. The smallest absolute Gasteiger partial charge is 0.228 e. The van der Waals surface area contributed by atoms with Crippen molar-refractivity contribution in [1.29, 1.82) is 0 Å². The zero-order valence-corrected chi connectivity index (χ0v) is 17.6. The second-order valence-electron chi connectivity index (χ2n) is 6.81. The molecule has 1 saturated heterocycles. The molecule has 0 aliphatic carbocycles. The first-order chi connectivity index (χ1) is 13.6. The van der Waals surface area contributed by atoms with Crippen molar-refractivity contribution in [2.24, 2.45) is 5.73 Å². The molecule has 1 amide bonds. The molecule has 0 unspecified atom stereocenters. The zero-order chi connectivity index (χ0) is 19.6. The number of ether oxygens (including phenoxy) is 1. The minimum atomic E-state index is -0.633. The molecule has 0 spiro atoms. The zero-order valence-electron chi connectivity index (χ0n) is 15.2. The van der Waals surface area contributed by atoms with E-state index in [9.17, 15) is 4.79 Å². The fraction of sp³-hybridized carbons (Fsp3) is 0.238. The third-order valence-corrected chi connectivity index (χ3v) is 6.78. The van der Waals surface area contributed by atoms with Crippen LogP contribution < -0.4 is 5.73 Å². The minimum Gasteiger partial charge on any atom is -0.381 e. The van der Waals surface area contributed by atoms with E-state index >= 15 is 0 Å². The summed E-state index contributed by atoms with van der Waals surface area (Å²) in [5.74, 6) is -0.271. The van der Waals surface area contributed by atoms with Gasteiger partial charge in [0.1, 0.15) is 0 Å². The highest BCUT2D eigenvalue weighted by molar-refractivity contribution is 9.10. The van der Waals surface area contributed by atoms with Gasteiger partial charge in [-0.3, -0.25) is 9.89 Å². The van der Waals surface area contributed by atoms with E-state index in [1.165, 1.54) is 0 Å². The van der Waals surface area contributed by atoms with Gasteiger partial charge in [-0.2, -0.15) is 5.10 Å². The summed E-state index contributed by atoms with van der Waals surface area (Å²) in [7, 11) is 0. The molecule has 0 saturated carbocycles. The monoisotopic (exact) mass is 457 g/mol. The molecule has 7 heteroatoms. The van der Waals surface area contributed by atoms with E-state index in [1.807, 2.05) is 12.1 Å². The van der Waals surface area contributed by atoms with Gasteiger partial charge in [0.2, 0.25) is 5.91 Å². The number of aromatic amines is 1. The van der Waals surface area contributed by atoms with Gasteiger partial charge in [-0.15, -0.1) is 0 Å². The van der Waals surface area contributed by atoms with E-state index in [-0.39, 0.29) is 5.91 Å². The summed E-state index contributed by atoms with van der Waals surface area (Å²) in [5.41, 5.74) is 8.17. The molecule has 1 aliphatic rings. The molecule has 144 valence electrons. The Bertz CT molecular complexity index is 981. The van der Waals surface area contributed by atoms with Gasteiger partial charge in [-0.25, -0.2) is 0 Å². The molecule has 0 radical (unpaired) electrons. The number of benzene rings is 2. The van der Waals surface area contributed by atoms with Crippen LogP contribution in [0, 0.1) is 0 Å². The number of H-pyrrole nitrogens is 1. The minimum absolute atomic E-state index is 0.271. The highest BCUT2D eigenvalue weighted by Crippen LogP contribution is 2.38. The van der Waals surface area contributed by atoms with Gasteiger partial charge in [0.05, 0.1) is 21.8 Å². The lowest BCUT2D eigenvalue weighted by Crippen LogP contribution is -2.45. The normalized spacial score (nSPS) is 16.0. The van der Waals surface area contributed by atoms with E-state index in [0.717, 1.165) is 31.1 Å². The molecule has 3 aromatic rings. The molecule has 4 rings (SSSR count). The summed E-state index contributed by atoms with van der Waals surface area (Å²) in [6.07, 6.45) is 3.00. The van der Waals surface area contributed by atoms with Crippen LogP contribution in [0.15, 0.2) is 69.0 Å². The molecule has 0 atom stereocenters. The molecule has 1 aliphatic heterocycles. The van der Waals surface area contributed by atoms with Crippen molar-refractivity contribution in [1.82, 2.24) is 10.2 Å². The van der Waals surface area contributed by atoms with Crippen molar-refractivity contribution in [3.8, 4) is 11.3 Å². The summed E-state index contributed by atoms with van der Waals surface area (Å²) >= 11 is 5.16. The van der Waals surface area contributed by atoms with Crippen molar-refractivity contribution in [3.63, 3.8) is 0 Å². The average molecular weight is 458 g/mol. The summed E-state index contributed by atoms with van der Waals surface area (Å²) in [6, 6.07) is 16.4. The van der Waals surface area contributed by atoms with Gasteiger partial charge in [-0.1, -0.05) is 36.0 Å². The van der Waals surface area contributed by atoms with E-state index in [1.54, 1.807) is 18.0 Å². The van der Waals surface area contributed by atoms with Crippen molar-refractivity contribution < 1.29 is 9.53 Å². The second-order valence-corrected chi connectivity index (χ2v) is 8.81. The summed E-state index contributed by atoms with van der Waals surface area (Å²) < 4.78 is 6.39. The molecular formula is C21H20BrN3O2S. The number of hydrogen-bond donors (Lipinski definition) is 2. The van der Waals surface area contributed by atoms with Crippen molar-refractivity contribution in [2.45, 2.75) is 28.0 Å². The van der Waals surface area contributed by atoms with Crippen LogP contribution in [0.1, 0.15) is 18.4 Å². The molecule has 28 heavy (non-hydrogen) atoms. The molecular weight excluding hydrogens is 438 g/mol. The summed E-state index contributed by atoms with van der Waals surface area (Å²) in [5, 5.41) is 7.03. The predicted molar refractivity (Wildman–Crippen MR) is 113 cm³/mol. The Morgan fingerprint density at radius 1 is 1.14 bits per heavy atom. The van der Waals surface area contributed by atoms with Gasteiger partial charge in [0, 0.05) is 28.6 Å². The maximum atomic E-state index is 12.3.